The first-order valence-electron chi connectivity index (χ1n) is 9.83. The number of fused-ring (bicyclic) bond motifs is 1. The van der Waals surface area contributed by atoms with Gasteiger partial charge in [0.2, 0.25) is 5.91 Å². The number of hydrogen-bond acceptors (Lipinski definition) is 4. The maximum absolute atomic E-state index is 12.2. The van der Waals surface area contributed by atoms with E-state index >= 15 is 0 Å². The maximum Gasteiger partial charge on any atom is 0.267 e. The molecule has 0 unspecified atom stereocenters. The molecule has 0 aromatic carbocycles. The third kappa shape index (κ3) is 5.14. The van der Waals surface area contributed by atoms with E-state index in [1.807, 2.05) is 0 Å². The fourth-order valence-corrected chi connectivity index (χ4v) is 4.02. The van der Waals surface area contributed by atoms with Crippen LogP contribution in [0.25, 0.3) is 0 Å². The van der Waals surface area contributed by atoms with E-state index < -0.39 is 0 Å². The molecule has 138 valence electrons. The van der Waals surface area contributed by atoms with Crippen molar-refractivity contribution in [2.45, 2.75) is 76.7 Å². The molecule has 0 saturated heterocycles. The summed E-state index contributed by atoms with van der Waals surface area (Å²) in [6.07, 6.45) is 11.6. The minimum absolute atomic E-state index is 0.00927. The minimum atomic E-state index is -0.0901. The van der Waals surface area contributed by atoms with Crippen LogP contribution in [0.1, 0.15) is 68.2 Å². The standard InChI is InChI=1S/C19H30N4O2/c24-18(21-12-6-11-20-14-7-2-1-3-8-14)13-17-15-9-4-5-10-16(15)19(25)23-22-17/h14,20H,1-13H2,(H,21,24)(H,23,25). The van der Waals surface area contributed by atoms with Crippen molar-refractivity contribution in [3.8, 4) is 0 Å². The predicted octanol–water partition coefficient (Wildman–Crippen LogP) is 1.62. The Hall–Kier alpha value is -1.69. The van der Waals surface area contributed by atoms with Crippen LogP contribution in [0.5, 0.6) is 0 Å². The van der Waals surface area contributed by atoms with Crippen molar-refractivity contribution in [1.82, 2.24) is 20.8 Å². The SMILES string of the molecule is O=C(Cc1n[nH]c(=O)c2c1CCCC2)NCCCNC1CCCCC1. The summed E-state index contributed by atoms with van der Waals surface area (Å²) in [5.41, 5.74) is 2.49. The normalized spacial score (nSPS) is 17.9. The highest BCUT2D eigenvalue weighted by atomic mass is 16.1. The molecular formula is C19H30N4O2. The van der Waals surface area contributed by atoms with Gasteiger partial charge in [-0.15, -0.1) is 0 Å². The molecule has 0 atom stereocenters. The van der Waals surface area contributed by atoms with Crippen molar-refractivity contribution >= 4 is 5.91 Å². The van der Waals surface area contributed by atoms with Gasteiger partial charge in [-0.2, -0.15) is 5.10 Å². The second-order valence-corrected chi connectivity index (χ2v) is 7.33. The largest absolute Gasteiger partial charge is 0.356 e. The van der Waals surface area contributed by atoms with E-state index in [1.165, 1.54) is 32.1 Å². The number of carbonyl (C=O) groups is 1. The monoisotopic (exact) mass is 346 g/mol. The van der Waals surface area contributed by atoms with Gasteiger partial charge in [-0.05, 0) is 57.1 Å². The van der Waals surface area contributed by atoms with Crippen LogP contribution in [0.3, 0.4) is 0 Å². The van der Waals surface area contributed by atoms with E-state index in [0.717, 1.165) is 55.5 Å². The molecule has 6 nitrogen and oxygen atoms in total. The van der Waals surface area contributed by atoms with Crippen LogP contribution in [0.4, 0.5) is 0 Å². The summed E-state index contributed by atoms with van der Waals surface area (Å²) in [6, 6.07) is 0.668. The van der Waals surface area contributed by atoms with Crippen LogP contribution < -0.4 is 16.2 Å². The van der Waals surface area contributed by atoms with Gasteiger partial charge in [0.1, 0.15) is 0 Å². The Kier molecular flexibility index (Phi) is 6.62. The second-order valence-electron chi connectivity index (χ2n) is 7.33. The van der Waals surface area contributed by atoms with Gasteiger partial charge in [-0.1, -0.05) is 19.3 Å². The highest BCUT2D eigenvalue weighted by Crippen LogP contribution is 2.20. The van der Waals surface area contributed by atoms with Crippen LogP contribution in [0, 0.1) is 0 Å². The molecule has 2 aliphatic carbocycles. The number of H-pyrrole nitrogens is 1. The molecule has 0 spiro atoms. The second kappa shape index (κ2) is 9.13. The van der Waals surface area contributed by atoms with E-state index in [-0.39, 0.29) is 17.9 Å². The van der Waals surface area contributed by atoms with Crippen molar-refractivity contribution in [2.24, 2.45) is 0 Å². The third-order valence-electron chi connectivity index (χ3n) is 5.42. The van der Waals surface area contributed by atoms with E-state index in [4.69, 9.17) is 0 Å². The third-order valence-corrected chi connectivity index (χ3v) is 5.42. The zero-order valence-corrected chi connectivity index (χ0v) is 15.0. The highest BCUT2D eigenvalue weighted by Gasteiger charge is 2.19. The summed E-state index contributed by atoms with van der Waals surface area (Å²) >= 11 is 0. The first kappa shape index (κ1) is 18.1. The molecule has 6 heteroatoms. The molecule has 1 fully saturated rings. The smallest absolute Gasteiger partial charge is 0.267 e. The van der Waals surface area contributed by atoms with E-state index in [0.29, 0.717) is 12.6 Å². The number of carbonyl (C=O) groups excluding carboxylic acids is 1. The van der Waals surface area contributed by atoms with Crippen LogP contribution in [0.2, 0.25) is 0 Å². The molecule has 0 radical (unpaired) electrons. The molecule has 3 N–H and O–H groups in total. The molecular weight excluding hydrogens is 316 g/mol. The summed E-state index contributed by atoms with van der Waals surface area (Å²) in [6.45, 7) is 1.64. The lowest BCUT2D eigenvalue weighted by atomic mass is 9.91. The number of nitrogens with one attached hydrogen (secondary N) is 3. The van der Waals surface area contributed by atoms with Crippen molar-refractivity contribution < 1.29 is 4.79 Å². The topological polar surface area (TPSA) is 86.9 Å². The quantitative estimate of drug-likeness (QED) is 0.655. The zero-order valence-electron chi connectivity index (χ0n) is 15.0. The summed E-state index contributed by atoms with van der Waals surface area (Å²) in [5.74, 6) is -0.00927. The zero-order chi connectivity index (χ0) is 17.5. The van der Waals surface area contributed by atoms with Gasteiger partial charge in [0, 0.05) is 18.2 Å². The number of aromatic amines is 1. The molecule has 1 aromatic heterocycles. The van der Waals surface area contributed by atoms with Crippen molar-refractivity contribution in [3.63, 3.8) is 0 Å². The first-order valence-corrected chi connectivity index (χ1v) is 9.83. The molecule has 25 heavy (non-hydrogen) atoms. The predicted molar refractivity (Wildman–Crippen MR) is 97.7 cm³/mol. The molecule has 1 heterocycles. The van der Waals surface area contributed by atoms with Crippen molar-refractivity contribution in [3.05, 3.63) is 27.2 Å². The average Bonchev–Trinajstić information content (AvgIpc) is 2.65. The van der Waals surface area contributed by atoms with Crippen LogP contribution in [0.15, 0.2) is 4.79 Å². The molecule has 0 aliphatic heterocycles. The molecule has 1 amide bonds. The van der Waals surface area contributed by atoms with Gasteiger partial charge in [-0.3, -0.25) is 9.59 Å². The van der Waals surface area contributed by atoms with Crippen LogP contribution >= 0.6 is 0 Å². The number of nitrogens with zero attached hydrogens (tertiary/aromatic N) is 1. The lowest BCUT2D eigenvalue weighted by Crippen LogP contribution is -2.34. The van der Waals surface area contributed by atoms with Crippen molar-refractivity contribution in [2.75, 3.05) is 13.1 Å². The summed E-state index contributed by atoms with van der Waals surface area (Å²) in [5, 5.41) is 13.2. The molecule has 3 rings (SSSR count). The number of aromatic nitrogens is 2. The van der Waals surface area contributed by atoms with Gasteiger partial charge in [-0.25, -0.2) is 5.10 Å². The Balaban J connectivity index is 1.40. The Morgan fingerprint density at radius 2 is 1.80 bits per heavy atom. The van der Waals surface area contributed by atoms with E-state index in [2.05, 4.69) is 20.8 Å². The summed E-state index contributed by atoms with van der Waals surface area (Å²) < 4.78 is 0. The van der Waals surface area contributed by atoms with E-state index in [9.17, 15) is 9.59 Å². The molecule has 1 aromatic rings. The lowest BCUT2D eigenvalue weighted by molar-refractivity contribution is -0.120. The van der Waals surface area contributed by atoms with Gasteiger partial charge >= 0.3 is 0 Å². The Morgan fingerprint density at radius 1 is 1.04 bits per heavy atom. The molecule has 1 saturated carbocycles. The van der Waals surface area contributed by atoms with Gasteiger partial charge < -0.3 is 10.6 Å². The lowest BCUT2D eigenvalue weighted by Gasteiger charge is -2.22. The summed E-state index contributed by atoms with van der Waals surface area (Å²) in [7, 11) is 0. The van der Waals surface area contributed by atoms with Crippen LogP contribution in [-0.2, 0) is 24.1 Å². The van der Waals surface area contributed by atoms with Gasteiger partial charge in [0.25, 0.3) is 5.56 Å². The minimum Gasteiger partial charge on any atom is -0.356 e. The van der Waals surface area contributed by atoms with Gasteiger partial charge in [0.15, 0.2) is 0 Å². The Morgan fingerprint density at radius 3 is 2.60 bits per heavy atom. The van der Waals surface area contributed by atoms with Crippen molar-refractivity contribution in [1.29, 1.82) is 0 Å². The average molecular weight is 346 g/mol. The maximum atomic E-state index is 12.2. The number of amides is 1. The Labute approximate surface area is 149 Å². The fraction of sp³-hybridized carbons (Fsp3) is 0.737. The van der Waals surface area contributed by atoms with Crippen LogP contribution in [-0.4, -0.2) is 35.2 Å². The molecule has 2 aliphatic rings. The fourth-order valence-electron chi connectivity index (χ4n) is 4.02. The van der Waals surface area contributed by atoms with E-state index in [1.54, 1.807) is 0 Å². The number of hydrogen-bond donors (Lipinski definition) is 3. The molecule has 0 bridgehead atoms. The van der Waals surface area contributed by atoms with Gasteiger partial charge in [0.05, 0.1) is 12.1 Å². The first-order chi connectivity index (χ1) is 12.2. The highest BCUT2D eigenvalue weighted by molar-refractivity contribution is 5.78. The number of rotatable bonds is 7. The Bertz CT molecular complexity index is 635. The summed E-state index contributed by atoms with van der Waals surface area (Å²) in [4.78, 5) is 24.0.